The molecule has 3 aromatic heterocycles. The lowest BCUT2D eigenvalue weighted by Gasteiger charge is -2.13. The molecule has 0 aliphatic heterocycles. The number of pyridine rings is 1. The van der Waals surface area contributed by atoms with Crippen LogP contribution in [0.3, 0.4) is 0 Å². The monoisotopic (exact) mass is 426 g/mol. The zero-order valence-corrected chi connectivity index (χ0v) is 17.5. The number of aryl methyl sites for hydroxylation is 1. The molecule has 4 rings (SSSR count). The van der Waals surface area contributed by atoms with Gasteiger partial charge >= 0.3 is 0 Å². The van der Waals surface area contributed by atoms with Crippen LogP contribution in [-0.2, 0) is 6.42 Å². The van der Waals surface area contributed by atoms with Crippen molar-refractivity contribution in [1.82, 2.24) is 24.9 Å². The van der Waals surface area contributed by atoms with E-state index in [-0.39, 0.29) is 5.56 Å². The fourth-order valence-electron chi connectivity index (χ4n) is 3.16. The number of rotatable bonds is 8. The molecule has 1 aromatic carbocycles. The molecule has 32 heavy (non-hydrogen) atoms. The molecule has 0 atom stereocenters. The molecular formula is C23H22N8O. The molecule has 0 radical (unpaired) electrons. The Balaban J connectivity index is 1.56. The van der Waals surface area contributed by atoms with Crippen molar-refractivity contribution in [2.24, 2.45) is 5.73 Å². The second-order valence-corrected chi connectivity index (χ2v) is 6.97. The predicted molar refractivity (Wildman–Crippen MR) is 122 cm³/mol. The standard InChI is InChI=1S/C23H22N8O/c1-15-19(20(24)32)22(31-21(28-15)16-7-3-2-4-8-16)29-18-11-14-27-23(30-18)26-13-10-17-9-5-6-12-25-17/h2-9,11-12,14H,10,13H2,1H3,(H2,24,32)(H2,26,27,28,29,30,31). The van der Waals surface area contributed by atoms with Crippen LogP contribution in [0.2, 0.25) is 0 Å². The van der Waals surface area contributed by atoms with E-state index >= 15 is 0 Å². The van der Waals surface area contributed by atoms with Crippen molar-refractivity contribution in [3.63, 3.8) is 0 Å². The normalized spacial score (nSPS) is 10.5. The number of carbonyl (C=O) groups is 1. The first-order valence-electron chi connectivity index (χ1n) is 10.1. The van der Waals surface area contributed by atoms with Gasteiger partial charge in [-0.2, -0.15) is 4.98 Å². The molecule has 3 heterocycles. The number of hydrogen-bond donors (Lipinski definition) is 3. The number of nitrogens with zero attached hydrogens (tertiary/aromatic N) is 5. The van der Waals surface area contributed by atoms with Gasteiger partial charge in [0.25, 0.3) is 5.91 Å². The first kappa shape index (κ1) is 20.9. The molecule has 9 heteroatoms. The number of aromatic nitrogens is 5. The average molecular weight is 426 g/mol. The van der Waals surface area contributed by atoms with E-state index in [0.29, 0.717) is 35.6 Å². The van der Waals surface area contributed by atoms with Crippen molar-refractivity contribution in [3.05, 3.63) is 83.9 Å². The van der Waals surface area contributed by atoms with E-state index in [1.807, 2.05) is 48.5 Å². The molecule has 0 unspecified atom stereocenters. The second kappa shape index (κ2) is 9.61. The maximum Gasteiger partial charge on any atom is 0.254 e. The Bertz CT molecular complexity index is 1220. The molecule has 0 fully saturated rings. The van der Waals surface area contributed by atoms with Crippen LogP contribution in [0.5, 0.6) is 0 Å². The molecule has 4 N–H and O–H groups in total. The highest BCUT2D eigenvalue weighted by molar-refractivity contribution is 5.99. The molecule has 0 saturated heterocycles. The Morgan fingerprint density at radius 3 is 2.50 bits per heavy atom. The number of hydrogen-bond acceptors (Lipinski definition) is 8. The summed E-state index contributed by atoms with van der Waals surface area (Å²) in [6.07, 6.45) is 4.12. The van der Waals surface area contributed by atoms with Gasteiger partial charge in [-0.1, -0.05) is 36.4 Å². The van der Waals surface area contributed by atoms with Crippen molar-refractivity contribution in [2.75, 3.05) is 17.2 Å². The predicted octanol–water partition coefficient (Wildman–Crippen LogP) is 3.13. The minimum atomic E-state index is -0.618. The minimum Gasteiger partial charge on any atom is -0.365 e. The van der Waals surface area contributed by atoms with Crippen molar-refractivity contribution >= 4 is 23.5 Å². The summed E-state index contributed by atoms with van der Waals surface area (Å²) >= 11 is 0. The highest BCUT2D eigenvalue weighted by Gasteiger charge is 2.18. The van der Waals surface area contributed by atoms with Crippen LogP contribution in [0, 0.1) is 6.92 Å². The third-order valence-corrected chi connectivity index (χ3v) is 4.66. The molecule has 0 aliphatic carbocycles. The highest BCUT2D eigenvalue weighted by Crippen LogP contribution is 2.24. The van der Waals surface area contributed by atoms with Gasteiger partial charge in [0.05, 0.1) is 5.69 Å². The van der Waals surface area contributed by atoms with Gasteiger partial charge in [0.1, 0.15) is 17.2 Å². The number of anilines is 3. The zero-order valence-electron chi connectivity index (χ0n) is 17.5. The van der Waals surface area contributed by atoms with Crippen LogP contribution in [0.15, 0.2) is 67.0 Å². The smallest absolute Gasteiger partial charge is 0.254 e. The lowest BCUT2D eigenvalue weighted by molar-refractivity contribution is 0.1000. The third kappa shape index (κ3) is 5.01. The van der Waals surface area contributed by atoms with Gasteiger partial charge in [0.2, 0.25) is 5.95 Å². The van der Waals surface area contributed by atoms with Crippen LogP contribution >= 0.6 is 0 Å². The highest BCUT2D eigenvalue weighted by atomic mass is 16.1. The first-order chi connectivity index (χ1) is 15.6. The molecular weight excluding hydrogens is 404 g/mol. The van der Waals surface area contributed by atoms with Gasteiger partial charge in [0.15, 0.2) is 5.82 Å². The summed E-state index contributed by atoms with van der Waals surface area (Å²) in [5.74, 6) is 1.08. The molecule has 160 valence electrons. The molecule has 4 aromatic rings. The van der Waals surface area contributed by atoms with Gasteiger partial charge in [-0.05, 0) is 25.1 Å². The second-order valence-electron chi connectivity index (χ2n) is 6.97. The quantitative estimate of drug-likeness (QED) is 0.391. The largest absolute Gasteiger partial charge is 0.365 e. The molecule has 0 aliphatic rings. The number of nitrogens with two attached hydrogens (primary N) is 1. The Labute approximate surface area is 185 Å². The number of carbonyl (C=O) groups excluding carboxylic acids is 1. The van der Waals surface area contributed by atoms with E-state index in [1.54, 1.807) is 25.4 Å². The Kier molecular flexibility index (Phi) is 6.26. The number of amides is 1. The molecule has 9 nitrogen and oxygen atoms in total. The molecule has 0 saturated carbocycles. The third-order valence-electron chi connectivity index (χ3n) is 4.66. The van der Waals surface area contributed by atoms with E-state index in [9.17, 15) is 4.79 Å². The maximum atomic E-state index is 12.1. The molecule has 1 amide bonds. The van der Waals surface area contributed by atoms with Crippen LogP contribution in [-0.4, -0.2) is 37.4 Å². The summed E-state index contributed by atoms with van der Waals surface area (Å²) in [5.41, 5.74) is 8.10. The Hall–Kier alpha value is -4.40. The van der Waals surface area contributed by atoms with Crippen molar-refractivity contribution < 1.29 is 4.79 Å². The van der Waals surface area contributed by atoms with Gasteiger partial charge in [-0.25, -0.2) is 15.0 Å². The summed E-state index contributed by atoms with van der Waals surface area (Å²) in [6, 6.07) is 17.0. The summed E-state index contributed by atoms with van der Waals surface area (Å²) in [4.78, 5) is 34.1. The van der Waals surface area contributed by atoms with E-state index in [1.165, 1.54) is 0 Å². The summed E-state index contributed by atoms with van der Waals surface area (Å²) in [7, 11) is 0. The van der Waals surface area contributed by atoms with Crippen LogP contribution in [0.1, 0.15) is 21.7 Å². The van der Waals surface area contributed by atoms with E-state index in [0.717, 1.165) is 17.7 Å². The number of benzene rings is 1. The van der Waals surface area contributed by atoms with Crippen molar-refractivity contribution in [2.45, 2.75) is 13.3 Å². The van der Waals surface area contributed by atoms with Crippen LogP contribution in [0.4, 0.5) is 17.6 Å². The van der Waals surface area contributed by atoms with Crippen LogP contribution in [0.25, 0.3) is 11.4 Å². The van der Waals surface area contributed by atoms with E-state index in [4.69, 9.17) is 5.73 Å². The summed E-state index contributed by atoms with van der Waals surface area (Å²) < 4.78 is 0. The van der Waals surface area contributed by atoms with Crippen molar-refractivity contribution in [1.29, 1.82) is 0 Å². The molecule has 0 bridgehead atoms. The summed E-state index contributed by atoms with van der Waals surface area (Å²) in [5, 5.41) is 6.28. The average Bonchev–Trinajstić information content (AvgIpc) is 2.80. The minimum absolute atomic E-state index is 0.216. The molecule has 0 spiro atoms. The Morgan fingerprint density at radius 2 is 1.75 bits per heavy atom. The van der Waals surface area contributed by atoms with Gasteiger partial charge in [-0.15, -0.1) is 0 Å². The van der Waals surface area contributed by atoms with Crippen molar-refractivity contribution in [3.8, 4) is 11.4 Å². The lowest BCUT2D eigenvalue weighted by atomic mass is 10.1. The van der Waals surface area contributed by atoms with Gasteiger partial charge in [-0.3, -0.25) is 9.78 Å². The zero-order chi connectivity index (χ0) is 22.3. The Morgan fingerprint density at radius 1 is 0.938 bits per heavy atom. The van der Waals surface area contributed by atoms with Gasteiger partial charge in [0, 0.05) is 36.6 Å². The fourth-order valence-corrected chi connectivity index (χ4v) is 3.16. The maximum absolute atomic E-state index is 12.1. The topological polar surface area (TPSA) is 132 Å². The van der Waals surface area contributed by atoms with E-state index < -0.39 is 5.91 Å². The summed E-state index contributed by atoms with van der Waals surface area (Å²) in [6.45, 7) is 2.35. The van der Waals surface area contributed by atoms with Gasteiger partial charge < -0.3 is 16.4 Å². The van der Waals surface area contributed by atoms with Crippen LogP contribution < -0.4 is 16.4 Å². The number of primary amides is 1. The van der Waals surface area contributed by atoms with E-state index in [2.05, 4.69) is 35.6 Å². The number of nitrogens with one attached hydrogen (secondary N) is 2. The first-order valence-corrected chi connectivity index (χ1v) is 10.1. The SMILES string of the molecule is Cc1nc(-c2ccccc2)nc(Nc2ccnc(NCCc3ccccn3)n2)c1C(N)=O. The lowest BCUT2D eigenvalue weighted by Crippen LogP contribution is -2.18. The fraction of sp³-hybridized carbons (Fsp3) is 0.130.